The van der Waals surface area contributed by atoms with E-state index >= 15 is 0 Å². The van der Waals surface area contributed by atoms with Crippen LogP contribution in [0.5, 0.6) is 0 Å². The van der Waals surface area contributed by atoms with Gasteiger partial charge < -0.3 is 9.99 Å². The summed E-state index contributed by atoms with van der Waals surface area (Å²) in [6, 6.07) is 0. The molecule has 0 saturated carbocycles. The molecule has 0 amide bonds. The second kappa shape index (κ2) is 4.89. The molecule has 1 rings (SSSR count). The topological polar surface area (TPSA) is 101 Å². The molecule has 6 heteroatoms. The fourth-order valence-corrected chi connectivity index (χ4v) is 1.63. The Hall–Kier alpha value is -1.69. The van der Waals surface area contributed by atoms with E-state index in [9.17, 15) is 19.5 Å². The zero-order chi connectivity index (χ0) is 12.3. The van der Waals surface area contributed by atoms with Crippen molar-refractivity contribution in [2.75, 3.05) is 0 Å². The average molecular weight is 228 g/mol. The lowest BCUT2D eigenvalue weighted by Gasteiger charge is -2.19. The Balaban J connectivity index is 2.94. The molecule has 0 fully saturated rings. The number of carbonyl (C=O) groups is 3. The lowest BCUT2D eigenvalue weighted by Crippen LogP contribution is -2.29. The minimum Gasteiger partial charge on any atom is -0.511 e. The first kappa shape index (κ1) is 12.4. The maximum Gasteiger partial charge on any atom is 0.346 e. The fourth-order valence-electron chi connectivity index (χ4n) is 1.63. The van der Waals surface area contributed by atoms with E-state index in [2.05, 4.69) is 4.89 Å². The number of aliphatic hydroxyl groups is 1. The zero-order valence-corrected chi connectivity index (χ0v) is 8.73. The molecule has 0 saturated heterocycles. The minimum absolute atomic E-state index is 0.111. The van der Waals surface area contributed by atoms with Gasteiger partial charge in [-0.3, -0.25) is 9.59 Å². The normalized spacial score (nSPS) is 20.9. The van der Waals surface area contributed by atoms with Crippen molar-refractivity contribution in [3.8, 4) is 0 Å². The van der Waals surface area contributed by atoms with Crippen molar-refractivity contribution in [2.45, 2.75) is 26.2 Å². The molecule has 0 radical (unpaired) electrons. The molecule has 0 spiro atoms. The van der Waals surface area contributed by atoms with Crippen LogP contribution in [0.1, 0.15) is 26.2 Å². The van der Waals surface area contributed by atoms with Crippen LogP contribution in [0, 0.1) is 5.92 Å². The molecular formula is C10H12O6. The van der Waals surface area contributed by atoms with E-state index in [1.54, 1.807) is 6.92 Å². The summed E-state index contributed by atoms with van der Waals surface area (Å²) in [5.74, 6) is -3.35. The maximum atomic E-state index is 11.5. The zero-order valence-electron chi connectivity index (χ0n) is 8.73. The predicted octanol–water partition coefficient (Wildman–Crippen LogP) is 0.773. The first-order chi connectivity index (χ1) is 7.51. The Morgan fingerprint density at radius 3 is 2.50 bits per heavy atom. The van der Waals surface area contributed by atoms with E-state index in [1.165, 1.54) is 0 Å². The molecule has 6 nitrogen and oxygen atoms in total. The second-order valence-electron chi connectivity index (χ2n) is 3.54. The number of carbonyl (C=O) groups excluding carboxylic acids is 3. The first-order valence-corrected chi connectivity index (χ1v) is 4.85. The second-order valence-corrected chi connectivity index (χ2v) is 3.54. The van der Waals surface area contributed by atoms with Crippen molar-refractivity contribution in [2.24, 2.45) is 5.92 Å². The van der Waals surface area contributed by atoms with Crippen molar-refractivity contribution >= 4 is 17.5 Å². The average Bonchev–Trinajstić information content (AvgIpc) is 2.26. The standard InChI is InChI=1S/C10H12O6/c1-2-6(11)9-7(12)3-5(4-8(9)13)10(14)16-15/h5,12,15H,2-4H2,1H3. The number of rotatable bonds is 3. The summed E-state index contributed by atoms with van der Waals surface area (Å²) in [6.45, 7) is 1.57. The van der Waals surface area contributed by atoms with Crippen molar-refractivity contribution in [3.05, 3.63) is 11.3 Å². The summed E-state index contributed by atoms with van der Waals surface area (Å²) >= 11 is 0. The van der Waals surface area contributed by atoms with Gasteiger partial charge in [0.2, 0.25) is 0 Å². The number of allylic oxidation sites excluding steroid dienone is 2. The van der Waals surface area contributed by atoms with E-state index in [4.69, 9.17) is 5.26 Å². The van der Waals surface area contributed by atoms with Crippen molar-refractivity contribution in [1.29, 1.82) is 0 Å². The molecule has 16 heavy (non-hydrogen) atoms. The van der Waals surface area contributed by atoms with E-state index in [0.29, 0.717) is 0 Å². The molecule has 0 bridgehead atoms. The molecule has 1 unspecified atom stereocenters. The van der Waals surface area contributed by atoms with E-state index in [0.717, 1.165) is 0 Å². The van der Waals surface area contributed by atoms with Crippen molar-refractivity contribution in [3.63, 3.8) is 0 Å². The third-order valence-corrected chi connectivity index (χ3v) is 2.46. The summed E-state index contributed by atoms with van der Waals surface area (Å²) in [7, 11) is 0. The van der Waals surface area contributed by atoms with Gasteiger partial charge in [0, 0.05) is 19.3 Å². The van der Waals surface area contributed by atoms with Gasteiger partial charge in [0.1, 0.15) is 5.76 Å². The third kappa shape index (κ3) is 2.27. The van der Waals surface area contributed by atoms with E-state index < -0.39 is 29.2 Å². The highest BCUT2D eigenvalue weighted by atomic mass is 17.1. The molecule has 1 atom stereocenters. The summed E-state index contributed by atoms with van der Waals surface area (Å²) < 4.78 is 0. The van der Waals surface area contributed by atoms with Gasteiger partial charge in [-0.2, -0.15) is 5.26 Å². The lowest BCUT2D eigenvalue weighted by molar-refractivity contribution is -0.239. The molecule has 0 aromatic heterocycles. The van der Waals surface area contributed by atoms with Crippen molar-refractivity contribution in [1.82, 2.24) is 0 Å². The number of aliphatic hydroxyl groups excluding tert-OH is 1. The monoisotopic (exact) mass is 228 g/mol. The molecule has 2 N–H and O–H groups in total. The highest BCUT2D eigenvalue weighted by molar-refractivity contribution is 6.21. The van der Waals surface area contributed by atoms with E-state index in [-0.39, 0.29) is 24.8 Å². The SMILES string of the molecule is CCC(=O)C1=C(O)CC(C(=O)OO)CC1=O. The van der Waals surface area contributed by atoms with Crippen LogP contribution in [-0.2, 0) is 19.3 Å². The summed E-state index contributed by atoms with van der Waals surface area (Å²) in [5, 5.41) is 17.7. The maximum absolute atomic E-state index is 11.5. The molecule has 1 aliphatic rings. The van der Waals surface area contributed by atoms with Crippen LogP contribution in [0.3, 0.4) is 0 Å². The Morgan fingerprint density at radius 1 is 1.44 bits per heavy atom. The molecule has 1 aliphatic carbocycles. The molecule has 0 aliphatic heterocycles. The summed E-state index contributed by atoms with van der Waals surface area (Å²) in [5.41, 5.74) is -0.232. The van der Waals surface area contributed by atoms with Gasteiger partial charge in [-0.05, 0) is 0 Å². The molecular weight excluding hydrogens is 216 g/mol. The van der Waals surface area contributed by atoms with Crippen LogP contribution >= 0.6 is 0 Å². The van der Waals surface area contributed by atoms with Gasteiger partial charge in [0.05, 0.1) is 11.5 Å². The Labute approximate surface area is 91.4 Å². The van der Waals surface area contributed by atoms with Crippen LogP contribution < -0.4 is 0 Å². The predicted molar refractivity (Wildman–Crippen MR) is 51.4 cm³/mol. The largest absolute Gasteiger partial charge is 0.511 e. The van der Waals surface area contributed by atoms with Crippen LogP contribution in [0.15, 0.2) is 11.3 Å². The highest BCUT2D eigenvalue weighted by Crippen LogP contribution is 2.27. The minimum atomic E-state index is -0.983. The Morgan fingerprint density at radius 2 is 2.06 bits per heavy atom. The smallest absolute Gasteiger partial charge is 0.346 e. The van der Waals surface area contributed by atoms with Crippen molar-refractivity contribution < 1.29 is 29.6 Å². The van der Waals surface area contributed by atoms with Crippen LogP contribution in [0.4, 0.5) is 0 Å². The number of Topliss-reactive ketones (excluding diaryl/α,β-unsaturated/α-hetero) is 2. The first-order valence-electron chi connectivity index (χ1n) is 4.85. The quantitative estimate of drug-likeness (QED) is 0.420. The molecule has 0 aromatic rings. The Bertz CT molecular complexity index is 368. The van der Waals surface area contributed by atoms with Gasteiger partial charge in [-0.15, -0.1) is 0 Å². The third-order valence-electron chi connectivity index (χ3n) is 2.46. The highest BCUT2D eigenvalue weighted by Gasteiger charge is 2.35. The lowest BCUT2D eigenvalue weighted by atomic mass is 9.85. The molecule has 88 valence electrons. The van der Waals surface area contributed by atoms with Crippen LogP contribution in [-0.4, -0.2) is 27.9 Å². The Kier molecular flexibility index (Phi) is 3.78. The number of hydrogen-bond donors (Lipinski definition) is 2. The van der Waals surface area contributed by atoms with Gasteiger partial charge in [0.15, 0.2) is 11.6 Å². The van der Waals surface area contributed by atoms with E-state index in [1.807, 2.05) is 0 Å². The number of ketones is 2. The van der Waals surface area contributed by atoms with Crippen LogP contribution in [0.25, 0.3) is 0 Å². The molecule has 0 heterocycles. The number of hydrogen-bond acceptors (Lipinski definition) is 6. The summed E-state index contributed by atoms with van der Waals surface area (Å²) in [6.07, 6.45) is -0.281. The fraction of sp³-hybridized carbons (Fsp3) is 0.500. The van der Waals surface area contributed by atoms with Gasteiger partial charge >= 0.3 is 5.97 Å². The molecule has 0 aromatic carbocycles. The van der Waals surface area contributed by atoms with Gasteiger partial charge in [-0.25, -0.2) is 4.79 Å². The summed E-state index contributed by atoms with van der Waals surface area (Å²) in [4.78, 5) is 37.3. The van der Waals surface area contributed by atoms with Gasteiger partial charge in [0.25, 0.3) is 0 Å². The van der Waals surface area contributed by atoms with Gasteiger partial charge in [-0.1, -0.05) is 6.92 Å². The van der Waals surface area contributed by atoms with Crippen LogP contribution in [0.2, 0.25) is 0 Å².